The predicted octanol–water partition coefficient (Wildman–Crippen LogP) is 0.770. The van der Waals surface area contributed by atoms with E-state index in [1.807, 2.05) is 0 Å². The molecule has 4 nitrogen and oxygen atoms in total. The average Bonchev–Trinajstić information content (AvgIpc) is 2.04. The summed E-state index contributed by atoms with van der Waals surface area (Å²) in [5.74, 6) is 0.129. The van der Waals surface area contributed by atoms with Crippen LogP contribution < -0.4 is 4.90 Å². The summed E-state index contributed by atoms with van der Waals surface area (Å²) in [5, 5.41) is 9.27. The predicted molar refractivity (Wildman–Crippen MR) is 45.0 cm³/mol. The van der Waals surface area contributed by atoms with Crippen molar-refractivity contribution in [3.63, 3.8) is 0 Å². The first kappa shape index (κ1) is 8.52. The van der Waals surface area contributed by atoms with Crippen LogP contribution in [-0.2, 0) is 4.79 Å². The molecule has 64 valence electrons. The fraction of sp³-hybridized carbons (Fsp3) is 0.250. The molecule has 0 fully saturated rings. The van der Waals surface area contributed by atoms with Gasteiger partial charge in [0.1, 0.15) is 0 Å². The van der Waals surface area contributed by atoms with Gasteiger partial charge >= 0.3 is 0 Å². The number of rotatable bonds is 1. The molecule has 0 saturated heterocycles. The smallest absolute Gasteiger partial charge is 0.224 e. The standard InChI is InChI=1S/C8H10N2O2/c1-6(11)10(2)8-7(12)4-3-5-9-8/h3-5,12H,1-2H3. The summed E-state index contributed by atoms with van der Waals surface area (Å²) in [5.41, 5.74) is 0. The molecule has 0 unspecified atom stereocenters. The quantitative estimate of drug-likeness (QED) is 0.670. The molecule has 4 heteroatoms. The van der Waals surface area contributed by atoms with Crippen molar-refractivity contribution in [1.82, 2.24) is 4.98 Å². The molecular weight excluding hydrogens is 156 g/mol. The van der Waals surface area contributed by atoms with Crippen LogP contribution in [0.3, 0.4) is 0 Å². The van der Waals surface area contributed by atoms with E-state index >= 15 is 0 Å². The zero-order valence-electron chi connectivity index (χ0n) is 6.98. The van der Waals surface area contributed by atoms with Crippen LogP contribution in [0.2, 0.25) is 0 Å². The van der Waals surface area contributed by atoms with Gasteiger partial charge in [-0.05, 0) is 12.1 Å². The number of amides is 1. The highest BCUT2D eigenvalue weighted by Crippen LogP contribution is 2.21. The Balaban J connectivity index is 3.02. The zero-order valence-corrected chi connectivity index (χ0v) is 6.98. The fourth-order valence-electron chi connectivity index (χ4n) is 0.796. The highest BCUT2D eigenvalue weighted by molar-refractivity contribution is 5.91. The molecule has 1 aromatic rings. The van der Waals surface area contributed by atoms with Crippen molar-refractivity contribution < 1.29 is 9.90 Å². The van der Waals surface area contributed by atoms with Crippen molar-refractivity contribution in [2.75, 3.05) is 11.9 Å². The second-order valence-corrected chi connectivity index (χ2v) is 2.42. The van der Waals surface area contributed by atoms with E-state index in [-0.39, 0.29) is 17.5 Å². The molecule has 0 bridgehead atoms. The SMILES string of the molecule is CC(=O)N(C)c1ncccc1O. The number of carbonyl (C=O) groups excluding carboxylic acids is 1. The Kier molecular flexibility index (Phi) is 2.28. The molecule has 1 aromatic heterocycles. The zero-order chi connectivity index (χ0) is 9.14. The topological polar surface area (TPSA) is 53.4 Å². The van der Waals surface area contributed by atoms with E-state index in [2.05, 4.69) is 4.98 Å². The third-order valence-electron chi connectivity index (χ3n) is 1.56. The Labute approximate surface area is 70.5 Å². The molecule has 1 amide bonds. The monoisotopic (exact) mass is 166 g/mol. The Morgan fingerprint density at radius 3 is 2.83 bits per heavy atom. The van der Waals surface area contributed by atoms with Gasteiger partial charge in [0.05, 0.1) is 0 Å². The fourth-order valence-corrected chi connectivity index (χ4v) is 0.796. The Hall–Kier alpha value is -1.58. The van der Waals surface area contributed by atoms with Crippen LogP contribution >= 0.6 is 0 Å². The van der Waals surface area contributed by atoms with Crippen molar-refractivity contribution in [3.05, 3.63) is 18.3 Å². The van der Waals surface area contributed by atoms with E-state index in [9.17, 15) is 9.90 Å². The van der Waals surface area contributed by atoms with Crippen LogP contribution in [-0.4, -0.2) is 23.0 Å². The molecule has 0 spiro atoms. The van der Waals surface area contributed by atoms with E-state index in [0.29, 0.717) is 0 Å². The first-order valence-corrected chi connectivity index (χ1v) is 3.51. The molecule has 12 heavy (non-hydrogen) atoms. The summed E-state index contributed by atoms with van der Waals surface area (Å²) in [7, 11) is 1.56. The minimum absolute atomic E-state index is 0.00944. The Morgan fingerprint density at radius 1 is 1.67 bits per heavy atom. The van der Waals surface area contributed by atoms with Gasteiger partial charge in [-0.2, -0.15) is 0 Å². The highest BCUT2D eigenvalue weighted by atomic mass is 16.3. The number of aromatic hydroxyl groups is 1. The van der Waals surface area contributed by atoms with E-state index < -0.39 is 0 Å². The van der Waals surface area contributed by atoms with Gasteiger partial charge < -0.3 is 5.11 Å². The van der Waals surface area contributed by atoms with Crippen LogP contribution in [0.25, 0.3) is 0 Å². The number of anilines is 1. The van der Waals surface area contributed by atoms with Gasteiger partial charge in [0, 0.05) is 20.2 Å². The normalized spacial score (nSPS) is 9.50. The molecular formula is C8H10N2O2. The van der Waals surface area contributed by atoms with Gasteiger partial charge in [-0.1, -0.05) is 0 Å². The lowest BCUT2D eigenvalue weighted by Crippen LogP contribution is -2.23. The van der Waals surface area contributed by atoms with Crippen molar-refractivity contribution in [2.24, 2.45) is 0 Å². The van der Waals surface area contributed by atoms with E-state index in [4.69, 9.17) is 0 Å². The van der Waals surface area contributed by atoms with Crippen molar-refractivity contribution in [1.29, 1.82) is 0 Å². The molecule has 1 N–H and O–H groups in total. The Bertz CT molecular complexity index is 299. The minimum Gasteiger partial charge on any atom is -0.504 e. The molecule has 0 aliphatic carbocycles. The van der Waals surface area contributed by atoms with Crippen LogP contribution in [0.5, 0.6) is 5.75 Å². The van der Waals surface area contributed by atoms with E-state index in [0.717, 1.165) is 0 Å². The number of hydrogen-bond donors (Lipinski definition) is 1. The summed E-state index contributed by atoms with van der Waals surface area (Å²) in [4.78, 5) is 16.0. The van der Waals surface area contributed by atoms with Gasteiger partial charge in [-0.25, -0.2) is 4.98 Å². The average molecular weight is 166 g/mol. The maximum Gasteiger partial charge on any atom is 0.224 e. The second-order valence-electron chi connectivity index (χ2n) is 2.42. The first-order chi connectivity index (χ1) is 5.63. The van der Waals surface area contributed by atoms with Crippen LogP contribution in [0.15, 0.2) is 18.3 Å². The molecule has 0 atom stereocenters. The van der Waals surface area contributed by atoms with Crippen molar-refractivity contribution in [2.45, 2.75) is 6.92 Å². The lowest BCUT2D eigenvalue weighted by molar-refractivity contribution is -0.116. The van der Waals surface area contributed by atoms with Crippen LogP contribution in [0.1, 0.15) is 6.92 Å². The van der Waals surface area contributed by atoms with Crippen molar-refractivity contribution >= 4 is 11.7 Å². The minimum atomic E-state index is -0.163. The van der Waals surface area contributed by atoms with Gasteiger partial charge in [-0.15, -0.1) is 0 Å². The third kappa shape index (κ3) is 1.53. The summed E-state index contributed by atoms with van der Waals surface area (Å²) < 4.78 is 0. The summed E-state index contributed by atoms with van der Waals surface area (Å²) >= 11 is 0. The van der Waals surface area contributed by atoms with Gasteiger partial charge in [0.15, 0.2) is 11.6 Å². The number of carbonyl (C=O) groups is 1. The molecule has 0 saturated carbocycles. The van der Waals surface area contributed by atoms with E-state index in [1.165, 1.54) is 24.1 Å². The summed E-state index contributed by atoms with van der Waals surface area (Å²) in [6, 6.07) is 3.09. The number of nitrogens with zero attached hydrogens (tertiary/aromatic N) is 2. The summed E-state index contributed by atoms with van der Waals surface area (Å²) in [6.07, 6.45) is 1.52. The number of pyridine rings is 1. The van der Waals surface area contributed by atoms with Gasteiger partial charge in [-0.3, -0.25) is 9.69 Å². The molecule has 0 aliphatic rings. The van der Waals surface area contributed by atoms with Crippen molar-refractivity contribution in [3.8, 4) is 5.75 Å². The maximum atomic E-state index is 10.9. The number of aromatic nitrogens is 1. The highest BCUT2D eigenvalue weighted by Gasteiger charge is 2.10. The van der Waals surface area contributed by atoms with E-state index in [1.54, 1.807) is 13.1 Å². The second kappa shape index (κ2) is 3.21. The van der Waals surface area contributed by atoms with Gasteiger partial charge in [0.25, 0.3) is 0 Å². The maximum absolute atomic E-state index is 10.9. The third-order valence-corrected chi connectivity index (χ3v) is 1.56. The largest absolute Gasteiger partial charge is 0.504 e. The molecule has 1 heterocycles. The lowest BCUT2D eigenvalue weighted by Gasteiger charge is -2.13. The van der Waals surface area contributed by atoms with Crippen LogP contribution in [0.4, 0.5) is 5.82 Å². The lowest BCUT2D eigenvalue weighted by atomic mass is 10.4. The number of hydrogen-bond acceptors (Lipinski definition) is 3. The summed E-state index contributed by atoms with van der Waals surface area (Å²) in [6.45, 7) is 1.41. The van der Waals surface area contributed by atoms with Crippen LogP contribution in [0, 0.1) is 0 Å². The molecule has 0 aromatic carbocycles. The first-order valence-electron chi connectivity index (χ1n) is 3.51. The Morgan fingerprint density at radius 2 is 2.33 bits per heavy atom. The van der Waals surface area contributed by atoms with Gasteiger partial charge in [0.2, 0.25) is 5.91 Å². The molecule has 1 rings (SSSR count). The molecule has 0 radical (unpaired) electrons. The molecule has 0 aliphatic heterocycles.